The molecule has 1 aliphatic heterocycles. The lowest BCUT2D eigenvalue weighted by atomic mass is 10.0. The molecule has 0 saturated heterocycles. The topological polar surface area (TPSA) is 49.3 Å². The molecular formula is C13H17NO2S. The highest BCUT2D eigenvalue weighted by Crippen LogP contribution is 2.38. The van der Waals surface area contributed by atoms with Crippen LogP contribution in [0.5, 0.6) is 0 Å². The zero-order valence-electron chi connectivity index (χ0n) is 9.69. The fraction of sp³-hybridized carbons (Fsp3) is 0.462. The van der Waals surface area contributed by atoms with Gasteiger partial charge in [0.25, 0.3) is 0 Å². The van der Waals surface area contributed by atoms with Crippen molar-refractivity contribution in [2.45, 2.75) is 23.7 Å². The fourth-order valence-electron chi connectivity index (χ4n) is 2.04. The average Bonchev–Trinajstić information content (AvgIpc) is 2.72. The predicted octanol–water partition coefficient (Wildman–Crippen LogP) is 2.33. The number of hydrogen-bond donors (Lipinski definition) is 2. The number of fused-ring (bicyclic) bond motifs is 1. The van der Waals surface area contributed by atoms with E-state index in [4.69, 9.17) is 5.11 Å². The molecule has 1 heterocycles. The van der Waals surface area contributed by atoms with Crippen LogP contribution < -0.4 is 5.32 Å². The van der Waals surface area contributed by atoms with Gasteiger partial charge in [-0.3, -0.25) is 4.79 Å². The molecule has 0 spiro atoms. The van der Waals surface area contributed by atoms with E-state index in [1.54, 1.807) is 0 Å². The molecule has 4 heteroatoms. The zero-order valence-corrected chi connectivity index (χ0v) is 10.5. The molecule has 0 bridgehead atoms. The first-order chi connectivity index (χ1) is 8.27. The molecule has 2 rings (SSSR count). The Bertz CT molecular complexity index is 395. The SMILES string of the molecule is O=C(O)CCCNCC1CSc2ccccc21. The van der Waals surface area contributed by atoms with E-state index in [2.05, 4.69) is 29.6 Å². The van der Waals surface area contributed by atoms with Gasteiger partial charge in [-0.1, -0.05) is 18.2 Å². The van der Waals surface area contributed by atoms with Crippen LogP contribution in [-0.2, 0) is 4.79 Å². The highest BCUT2D eigenvalue weighted by molar-refractivity contribution is 7.99. The Labute approximate surface area is 106 Å². The maximum absolute atomic E-state index is 10.4. The van der Waals surface area contributed by atoms with Gasteiger partial charge in [0.2, 0.25) is 0 Å². The van der Waals surface area contributed by atoms with E-state index in [9.17, 15) is 4.79 Å². The molecule has 0 saturated carbocycles. The van der Waals surface area contributed by atoms with Crippen LogP contribution in [-0.4, -0.2) is 29.9 Å². The summed E-state index contributed by atoms with van der Waals surface area (Å²) in [5, 5.41) is 11.9. The third-order valence-corrected chi connectivity index (χ3v) is 4.19. The third kappa shape index (κ3) is 3.48. The van der Waals surface area contributed by atoms with Gasteiger partial charge in [0.05, 0.1) is 0 Å². The summed E-state index contributed by atoms with van der Waals surface area (Å²) in [5.41, 5.74) is 1.43. The first-order valence-electron chi connectivity index (χ1n) is 5.91. The van der Waals surface area contributed by atoms with Gasteiger partial charge in [0, 0.05) is 29.5 Å². The molecule has 1 aliphatic rings. The second-order valence-corrected chi connectivity index (χ2v) is 5.31. The van der Waals surface area contributed by atoms with Gasteiger partial charge in [0.1, 0.15) is 0 Å². The molecule has 1 atom stereocenters. The number of carboxylic acid groups (broad SMARTS) is 1. The number of nitrogens with one attached hydrogen (secondary N) is 1. The number of rotatable bonds is 6. The van der Waals surface area contributed by atoms with Crippen molar-refractivity contribution in [3.63, 3.8) is 0 Å². The summed E-state index contributed by atoms with van der Waals surface area (Å²) in [4.78, 5) is 11.7. The normalized spacial score (nSPS) is 18.0. The molecular weight excluding hydrogens is 234 g/mol. The third-order valence-electron chi connectivity index (χ3n) is 2.93. The van der Waals surface area contributed by atoms with E-state index in [-0.39, 0.29) is 6.42 Å². The van der Waals surface area contributed by atoms with Crippen molar-refractivity contribution in [2.24, 2.45) is 0 Å². The van der Waals surface area contributed by atoms with Crippen molar-refractivity contribution in [1.82, 2.24) is 5.32 Å². The van der Waals surface area contributed by atoms with Crippen LogP contribution >= 0.6 is 11.8 Å². The van der Waals surface area contributed by atoms with Crippen LogP contribution in [0.4, 0.5) is 0 Å². The van der Waals surface area contributed by atoms with Gasteiger partial charge in [-0.15, -0.1) is 11.8 Å². The van der Waals surface area contributed by atoms with Crippen LogP contribution in [0.25, 0.3) is 0 Å². The van der Waals surface area contributed by atoms with Crippen LogP contribution in [0, 0.1) is 0 Å². The highest BCUT2D eigenvalue weighted by atomic mass is 32.2. The summed E-state index contributed by atoms with van der Waals surface area (Å²) in [6.45, 7) is 1.74. The Hall–Kier alpha value is -1.00. The van der Waals surface area contributed by atoms with Crippen molar-refractivity contribution >= 4 is 17.7 Å². The summed E-state index contributed by atoms with van der Waals surface area (Å²) in [6.07, 6.45) is 0.958. The van der Waals surface area contributed by atoms with E-state index in [0.29, 0.717) is 12.3 Å². The van der Waals surface area contributed by atoms with Gasteiger partial charge in [-0.2, -0.15) is 0 Å². The number of benzene rings is 1. The first-order valence-corrected chi connectivity index (χ1v) is 6.90. The molecule has 1 unspecified atom stereocenters. The molecule has 92 valence electrons. The Morgan fingerprint density at radius 2 is 2.29 bits per heavy atom. The quantitative estimate of drug-likeness (QED) is 0.762. The predicted molar refractivity (Wildman–Crippen MR) is 69.6 cm³/mol. The minimum atomic E-state index is -0.714. The van der Waals surface area contributed by atoms with Crippen LogP contribution in [0.2, 0.25) is 0 Å². The summed E-state index contributed by atoms with van der Waals surface area (Å²) in [5.74, 6) is 0.986. The monoisotopic (exact) mass is 251 g/mol. The number of hydrogen-bond acceptors (Lipinski definition) is 3. The Kier molecular flexibility index (Phi) is 4.45. The van der Waals surface area contributed by atoms with Crippen molar-refractivity contribution < 1.29 is 9.90 Å². The Balaban J connectivity index is 1.73. The van der Waals surface area contributed by atoms with E-state index >= 15 is 0 Å². The lowest BCUT2D eigenvalue weighted by Gasteiger charge is -2.11. The molecule has 1 aromatic rings. The molecule has 0 amide bonds. The molecule has 0 radical (unpaired) electrons. The second-order valence-electron chi connectivity index (χ2n) is 4.25. The first kappa shape index (κ1) is 12.5. The van der Waals surface area contributed by atoms with E-state index in [1.807, 2.05) is 11.8 Å². The second kappa shape index (κ2) is 6.07. The van der Waals surface area contributed by atoms with Crippen molar-refractivity contribution in [3.8, 4) is 0 Å². The Morgan fingerprint density at radius 1 is 1.47 bits per heavy atom. The van der Waals surface area contributed by atoms with E-state index in [0.717, 1.165) is 18.8 Å². The maximum atomic E-state index is 10.4. The summed E-state index contributed by atoms with van der Waals surface area (Å²) in [6, 6.07) is 8.53. The summed E-state index contributed by atoms with van der Waals surface area (Å²) in [7, 11) is 0. The smallest absolute Gasteiger partial charge is 0.303 e. The molecule has 17 heavy (non-hydrogen) atoms. The average molecular weight is 251 g/mol. The van der Waals surface area contributed by atoms with Gasteiger partial charge in [-0.05, 0) is 24.6 Å². The molecule has 3 nitrogen and oxygen atoms in total. The lowest BCUT2D eigenvalue weighted by molar-refractivity contribution is -0.137. The Morgan fingerprint density at radius 3 is 3.12 bits per heavy atom. The van der Waals surface area contributed by atoms with Gasteiger partial charge >= 0.3 is 5.97 Å². The van der Waals surface area contributed by atoms with Crippen LogP contribution in [0.15, 0.2) is 29.2 Å². The standard InChI is InChI=1S/C13H17NO2S/c15-13(16)6-3-7-14-8-10-9-17-12-5-2-1-4-11(10)12/h1-2,4-5,10,14H,3,6-9H2,(H,15,16). The maximum Gasteiger partial charge on any atom is 0.303 e. The molecule has 1 aromatic carbocycles. The van der Waals surface area contributed by atoms with E-state index in [1.165, 1.54) is 10.5 Å². The lowest BCUT2D eigenvalue weighted by Crippen LogP contribution is -2.23. The number of carbonyl (C=O) groups is 1. The van der Waals surface area contributed by atoms with Crippen molar-refractivity contribution in [3.05, 3.63) is 29.8 Å². The van der Waals surface area contributed by atoms with Crippen LogP contribution in [0.3, 0.4) is 0 Å². The zero-order chi connectivity index (χ0) is 12.1. The van der Waals surface area contributed by atoms with Gasteiger partial charge in [-0.25, -0.2) is 0 Å². The van der Waals surface area contributed by atoms with Gasteiger partial charge in [0.15, 0.2) is 0 Å². The minimum Gasteiger partial charge on any atom is -0.481 e. The summed E-state index contributed by atoms with van der Waals surface area (Å²) >= 11 is 1.91. The molecule has 0 fully saturated rings. The summed E-state index contributed by atoms with van der Waals surface area (Å²) < 4.78 is 0. The minimum absolute atomic E-state index is 0.253. The van der Waals surface area contributed by atoms with Crippen LogP contribution in [0.1, 0.15) is 24.3 Å². The number of thioether (sulfide) groups is 1. The largest absolute Gasteiger partial charge is 0.481 e. The van der Waals surface area contributed by atoms with Crippen molar-refractivity contribution in [2.75, 3.05) is 18.8 Å². The molecule has 0 aromatic heterocycles. The van der Waals surface area contributed by atoms with E-state index < -0.39 is 5.97 Å². The fourth-order valence-corrected chi connectivity index (χ4v) is 3.29. The number of carboxylic acids is 1. The molecule has 2 N–H and O–H groups in total. The van der Waals surface area contributed by atoms with Gasteiger partial charge < -0.3 is 10.4 Å². The number of aliphatic carboxylic acids is 1. The highest BCUT2D eigenvalue weighted by Gasteiger charge is 2.21. The van der Waals surface area contributed by atoms with Crippen molar-refractivity contribution in [1.29, 1.82) is 0 Å². The molecule has 0 aliphatic carbocycles.